The number of amides is 1. The van der Waals surface area contributed by atoms with E-state index in [0.29, 0.717) is 12.0 Å². The predicted octanol–water partition coefficient (Wildman–Crippen LogP) is 5.12. The monoisotopic (exact) mass is 299 g/mol. The fourth-order valence-corrected chi connectivity index (χ4v) is 2.78. The van der Waals surface area contributed by atoms with Crippen molar-refractivity contribution in [2.45, 2.75) is 65.3 Å². The van der Waals surface area contributed by atoms with Gasteiger partial charge in [-0.3, -0.25) is 4.79 Å². The van der Waals surface area contributed by atoms with Crippen LogP contribution in [0.15, 0.2) is 42.1 Å². The third-order valence-electron chi connectivity index (χ3n) is 5.08. The van der Waals surface area contributed by atoms with Crippen molar-refractivity contribution >= 4 is 5.91 Å². The van der Waals surface area contributed by atoms with Crippen LogP contribution in [0.4, 0.5) is 0 Å². The molecular weight excluding hydrogens is 270 g/mol. The Labute approximate surface area is 135 Å². The van der Waals surface area contributed by atoms with E-state index in [-0.39, 0.29) is 11.8 Å². The summed E-state index contributed by atoms with van der Waals surface area (Å²) in [5.41, 5.74) is 2.57. The van der Waals surface area contributed by atoms with E-state index in [1.54, 1.807) is 0 Å². The molecule has 0 aromatic heterocycles. The van der Waals surface area contributed by atoms with Crippen LogP contribution in [-0.4, -0.2) is 16.8 Å². The van der Waals surface area contributed by atoms with E-state index in [4.69, 9.17) is 0 Å². The van der Waals surface area contributed by atoms with Crippen LogP contribution in [0.25, 0.3) is 0 Å². The zero-order valence-electron chi connectivity index (χ0n) is 14.4. The molecule has 2 unspecified atom stereocenters. The summed E-state index contributed by atoms with van der Waals surface area (Å²) in [6.45, 7) is 8.49. The maximum Gasteiger partial charge on any atom is 0.229 e. The zero-order valence-corrected chi connectivity index (χ0v) is 14.4. The van der Waals surface area contributed by atoms with Crippen molar-refractivity contribution < 1.29 is 4.79 Å². The summed E-state index contributed by atoms with van der Waals surface area (Å²) < 4.78 is 0. The van der Waals surface area contributed by atoms with Gasteiger partial charge in [0.1, 0.15) is 0 Å². The predicted molar refractivity (Wildman–Crippen MR) is 92.6 cm³/mol. The molecule has 0 radical (unpaired) electrons. The average Bonchev–Trinajstić information content (AvgIpc) is 2.51. The summed E-state index contributed by atoms with van der Waals surface area (Å²) in [5, 5.41) is 0. The van der Waals surface area contributed by atoms with Gasteiger partial charge in [0.15, 0.2) is 0 Å². The van der Waals surface area contributed by atoms with Crippen molar-refractivity contribution in [1.29, 1.82) is 0 Å². The fraction of sp³-hybridized carbons (Fsp3) is 0.550. The summed E-state index contributed by atoms with van der Waals surface area (Å²) in [4.78, 5) is 14.7. The van der Waals surface area contributed by atoms with Crippen LogP contribution < -0.4 is 0 Å². The van der Waals surface area contributed by atoms with Crippen LogP contribution in [0.1, 0.15) is 64.9 Å². The molecule has 22 heavy (non-hydrogen) atoms. The first-order valence-electron chi connectivity index (χ1n) is 8.60. The van der Waals surface area contributed by atoms with Crippen molar-refractivity contribution in [1.82, 2.24) is 4.90 Å². The first-order chi connectivity index (χ1) is 10.5. The van der Waals surface area contributed by atoms with E-state index in [1.165, 1.54) is 17.6 Å². The van der Waals surface area contributed by atoms with E-state index in [0.717, 1.165) is 19.3 Å². The molecule has 1 aromatic rings. The van der Waals surface area contributed by atoms with Crippen LogP contribution in [0.2, 0.25) is 0 Å². The van der Waals surface area contributed by atoms with Gasteiger partial charge in [0.05, 0.1) is 0 Å². The van der Waals surface area contributed by atoms with E-state index in [1.807, 2.05) is 17.9 Å². The summed E-state index contributed by atoms with van der Waals surface area (Å²) in [6, 6.07) is 10.9. The molecule has 2 rings (SSSR count). The highest BCUT2D eigenvalue weighted by atomic mass is 16.2. The van der Waals surface area contributed by atoms with Crippen LogP contribution in [-0.2, 0) is 4.79 Å². The fourth-order valence-electron chi connectivity index (χ4n) is 2.78. The Morgan fingerprint density at radius 1 is 1.27 bits per heavy atom. The maximum atomic E-state index is 12.7. The molecule has 1 amide bonds. The molecule has 120 valence electrons. The second kappa shape index (κ2) is 7.62. The number of carbonyl (C=O) groups excluding carboxylic acids is 1. The number of benzene rings is 1. The molecule has 0 N–H and O–H groups in total. The van der Waals surface area contributed by atoms with Gasteiger partial charge in [-0.1, -0.05) is 51.1 Å². The molecule has 2 heteroatoms. The molecule has 2 atom stereocenters. The standard InChI is InChI=1S/C20H29NO/c1-5-15(2)20(22)21(19-12-9-13-19)14-16(3)17(4)18-10-7-6-8-11-18/h6-8,10-11,14-15,17,19H,5,9,12-13H2,1-4H3/b16-14+. The van der Waals surface area contributed by atoms with Crippen molar-refractivity contribution in [3.63, 3.8) is 0 Å². The van der Waals surface area contributed by atoms with Gasteiger partial charge >= 0.3 is 0 Å². The van der Waals surface area contributed by atoms with Gasteiger partial charge in [0, 0.05) is 24.1 Å². The summed E-state index contributed by atoms with van der Waals surface area (Å²) in [5.74, 6) is 0.733. The SMILES string of the molecule is CCC(C)C(=O)N(/C=C(\C)C(C)c1ccccc1)C1CCC1. The summed E-state index contributed by atoms with van der Waals surface area (Å²) >= 11 is 0. The van der Waals surface area contributed by atoms with E-state index in [2.05, 4.69) is 51.2 Å². The molecule has 0 saturated heterocycles. The minimum Gasteiger partial charge on any atom is -0.316 e. The molecule has 1 aliphatic rings. The van der Waals surface area contributed by atoms with Gasteiger partial charge in [0.25, 0.3) is 0 Å². The lowest BCUT2D eigenvalue weighted by Gasteiger charge is -2.37. The molecule has 0 bridgehead atoms. The van der Waals surface area contributed by atoms with E-state index < -0.39 is 0 Å². The van der Waals surface area contributed by atoms with Crippen molar-refractivity contribution in [2.75, 3.05) is 0 Å². The van der Waals surface area contributed by atoms with Crippen molar-refractivity contribution in [3.8, 4) is 0 Å². The quantitative estimate of drug-likeness (QED) is 0.714. The molecule has 1 aliphatic carbocycles. The Bertz CT molecular complexity index is 516. The summed E-state index contributed by atoms with van der Waals surface area (Å²) in [6.07, 6.45) is 6.56. The second-order valence-corrected chi connectivity index (χ2v) is 6.65. The number of hydrogen-bond donors (Lipinski definition) is 0. The Kier molecular flexibility index (Phi) is 5.82. The number of rotatable bonds is 6. The molecule has 0 aliphatic heterocycles. The molecule has 0 spiro atoms. The van der Waals surface area contributed by atoms with Gasteiger partial charge in [0.2, 0.25) is 5.91 Å². The molecule has 2 nitrogen and oxygen atoms in total. The number of hydrogen-bond acceptors (Lipinski definition) is 1. The molecule has 1 saturated carbocycles. The van der Waals surface area contributed by atoms with E-state index >= 15 is 0 Å². The molecule has 1 aromatic carbocycles. The van der Waals surface area contributed by atoms with Crippen LogP contribution in [0.5, 0.6) is 0 Å². The molecule has 0 heterocycles. The van der Waals surface area contributed by atoms with Crippen molar-refractivity contribution in [3.05, 3.63) is 47.7 Å². The first-order valence-corrected chi connectivity index (χ1v) is 8.60. The highest BCUT2D eigenvalue weighted by Gasteiger charge is 2.30. The highest BCUT2D eigenvalue weighted by molar-refractivity contribution is 5.80. The smallest absolute Gasteiger partial charge is 0.229 e. The number of nitrogens with zero attached hydrogens (tertiary/aromatic N) is 1. The Morgan fingerprint density at radius 3 is 2.41 bits per heavy atom. The minimum atomic E-state index is 0.108. The highest BCUT2D eigenvalue weighted by Crippen LogP contribution is 2.30. The van der Waals surface area contributed by atoms with Crippen LogP contribution in [0, 0.1) is 5.92 Å². The molecular formula is C20H29NO. The Balaban J connectivity index is 2.18. The normalized spacial score (nSPS) is 18.5. The van der Waals surface area contributed by atoms with E-state index in [9.17, 15) is 4.79 Å². The molecule has 1 fully saturated rings. The third-order valence-corrected chi connectivity index (χ3v) is 5.08. The van der Waals surface area contributed by atoms with Crippen molar-refractivity contribution in [2.24, 2.45) is 5.92 Å². The second-order valence-electron chi connectivity index (χ2n) is 6.65. The number of allylic oxidation sites excluding steroid dienone is 1. The van der Waals surface area contributed by atoms with Gasteiger partial charge in [-0.25, -0.2) is 0 Å². The first kappa shape index (κ1) is 16.8. The average molecular weight is 299 g/mol. The maximum absolute atomic E-state index is 12.7. The van der Waals surface area contributed by atoms with Crippen LogP contribution in [0.3, 0.4) is 0 Å². The third kappa shape index (κ3) is 3.79. The lowest BCUT2D eigenvalue weighted by Crippen LogP contribution is -2.43. The van der Waals surface area contributed by atoms with Gasteiger partial charge < -0.3 is 4.90 Å². The zero-order chi connectivity index (χ0) is 16.1. The Morgan fingerprint density at radius 2 is 1.91 bits per heavy atom. The topological polar surface area (TPSA) is 20.3 Å². The Hall–Kier alpha value is -1.57. The lowest BCUT2D eigenvalue weighted by molar-refractivity contribution is -0.135. The largest absolute Gasteiger partial charge is 0.316 e. The number of carbonyl (C=O) groups is 1. The van der Waals surface area contributed by atoms with Gasteiger partial charge in [-0.2, -0.15) is 0 Å². The lowest BCUT2D eigenvalue weighted by atomic mass is 9.89. The van der Waals surface area contributed by atoms with Crippen LogP contribution >= 0.6 is 0 Å². The minimum absolute atomic E-state index is 0.108. The van der Waals surface area contributed by atoms with Gasteiger partial charge in [-0.15, -0.1) is 0 Å². The van der Waals surface area contributed by atoms with Gasteiger partial charge in [-0.05, 0) is 43.7 Å². The summed E-state index contributed by atoms with van der Waals surface area (Å²) in [7, 11) is 0.